The lowest BCUT2D eigenvalue weighted by atomic mass is 9.92. The highest BCUT2D eigenvalue weighted by Crippen LogP contribution is 2.26. The van der Waals surface area contributed by atoms with E-state index < -0.39 is 0 Å². The summed E-state index contributed by atoms with van der Waals surface area (Å²) in [6.45, 7) is 16.9. The molecule has 0 heterocycles. The molecule has 1 amide bonds. The lowest BCUT2D eigenvalue weighted by Crippen LogP contribution is -2.44. The van der Waals surface area contributed by atoms with Gasteiger partial charge in [0.15, 0.2) is 5.90 Å². The predicted molar refractivity (Wildman–Crippen MR) is 293 cm³/mol. The summed E-state index contributed by atoms with van der Waals surface area (Å²) in [6, 6.07) is 0.339. The summed E-state index contributed by atoms with van der Waals surface area (Å²) in [5, 5.41) is 8.49. The molecule has 0 saturated heterocycles. The van der Waals surface area contributed by atoms with Gasteiger partial charge in [0.05, 0.1) is 13.2 Å². The smallest absolute Gasteiger partial charge is 0.305 e. The molecule has 0 spiro atoms. The average molecular weight is 947 g/mol. The van der Waals surface area contributed by atoms with Crippen LogP contribution >= 0.6 is 0 Å². The van der Waals surface area contributed by atoms with E-state index in [0.29, 0.717) is 42.7 Å². The van der Waals surface area contributed by atoms with Crippen molar-refractivity contribution in [2.75, 3.05) is 40.4 Å². The summed E-state index contributed by atoms with van der Waals surface area (Å²) in [4.78, 5) is 31.5. The van der Waals surface area contributed by atoms with Crippen LogP contribution in [0, 0.1) is 23.2 Å². The first-order valence-corrected chi connectivity index (χ1v) is 30.0. The molecular formula is C60H119N3O4. The number of rotatable bonds is 52. The van der Waals surface area contributed by atoms with Crippen LogP contribution < -0.4 is 0 Å². The van der Waals surface area contributed by atoms with Crippen molar-refractivity contribution in [3.8, 4) is 0 Å². The Bertz CT molecular complexity index is 1080. The standard InChI is InChI=1S/C60H119N3O4/c1-9-15-20-32-41-54(40-18-12-4)49-52-66-59(64)48-37-30-24-22-23-27-34-45-57(63(51-39-38-50-62(7)8)60(65)56(14-6)44-19-13-5)46-35-28-25-26-29-36-47-58(61)67-53-55(42-31-17-11-3)43-33-21-16-10-2/h54-57,61H,9-53H2,1-8H3. The van der Waals surface area contributed by atoms with Crippen molar-refractivity contribution >= 4 is 17.8 Å². The Morgan fingerprint density at radius 1 is 0.433 bits per heavy atom. The van der Waals surface area contributed by atoms with Gasteiger partial charge in [-0.1, -0.05) is 221 Å². The van der Waals surface area contributed by atoms with Crippen molar-refractivity contribution in [3.63, 3.8) is 0 Å². The molecule has 1 N–H and O–H groups in total. The molecule has 0 bridgehead atoms. The van der Waals surface area contributed by atoms with Gasteiger partial charge in [-0.25, -0.2) is 0 Å². The number of esters is 1. The highest BCUT2D eigenvalue weighted by molar-refractivity contribution is 5.79. The van der Waals surface area contributed by atoms with Crippen molar-refractivity contribution < 1.29 is 19.1 Å². The predicted octanol–water partition coefficient (Wildman–Crippen LogP) is 18.2. The molecule has 0 aliphatic carbocycles. The molecular weight excluding hydrogens is 827 g/mol. The Hall–Kier alpha value is -1.63. The molecule has 7 heteroatoms. The molecule has 0 radical (unpaired) electrons. The number of unbranched alkanes of at least 4 members (excludes halogenated alkanes) is 22. The minimum absolute atomic E-state index is 0.00100. The summed E-state index contributed by atoms with van der Waals surface area (Å²) in [6.07, 6.45) is 48.2. The molecule has 0 saturated carbocycles. The molecule has 0 fully saturated rings. The van der Waals surface area contributed by atoms with Crippen LogP contribution in [0.3, 0.4) is 0 Å². The second-order valence-corrected chi connectivity index (χ2v) is 21.4. The van der Waals surface area contributed by atoms with Crippen molar-refractivity contribution in [1.82, 2.24) is 9.80 Å². The fraction of sp³-hybridized carbons (Fsp3) is 0.950. The summed E-state index contributed by atoms with van der Waals surface area (Å²) in [5.74, 6) is 2.39. The maximum atomic E-state index is 14.3. The Kier molecular flexibility index (Phi) is 48.2. The van der Waals surface area contributed by atoms with Crippen LogP contribution in [-0.2, 0) is 19.1 Å². The largest absolute Gasteiger partial charge is 0.481 e. The van der Waals surface area contributed by atoms with Crippen LogP contribution in [0.5, 0.6) is 0 Å². The minimum atomic E-state index is -0.00100. The van der Waals surface area contributed by atoms with E-state index >= 15 is 0 Å². The monoisotopic (exact) mass is 946 g/mol. The quantitative estimate of drug-likeness (QED) is 0.0284. The first-order valence-electron chi connectivity index (χ1n) is 30.0. The summed E-state index contributed by atoms with van der Waals surface area (Å²) in [5.41, 5.74) is 0. The van der Waals surface area contributed by atoms with E-state index in [4.69, 9.17) is 14.9 Å². The number of hydrogen-bond acceptors (Lipinski definition) is 6. The van der Waals surface area contributed by atoms with Gasteiger partial charge in [-0.05, 0) is 103 Å². The number of carbonyl (C=O) groups is 2. The second kappa shape index (κ2) is 49.4. The molecule has 4 unspecified atom stereocenters. The van der Waals surface area contributed by atoms with Crippen LogP contribution in [0.15, 0.2) is 0 Å². The third-order valence-electron chi connectivity index (χ3n) is 14.7. The van der Waals surface area contributed by atoms with Gasteiger partial charge >= 0.3 is 5.97 Å². The molecule has 7 nitrogen and oxygen atoms in total. The minimum Gasteiger partial charge on any atom is -0.481 e. The highest BCUT2D eigenvalue weighted by Gasteiger charge is 2.28. The third kappa shape index (κ3) is 40.8. The van der Waals surface area contributed by atoms with E-state index in [1.54, 1.807) is 0 Å². The number of carbonyl (C=O) groups excluding carboxylic acids is 2. The second-order valence-electron chi connectivity index (χ2n) is 21.4. The first-order chi connectivity index (χ1) is 32.7. The van der Waals surface area contributed by atoms with Crippen LogP contribution in [0.1, 0.15) is 305 Å². The number of nitrogens with zero attached hydrogens (tertiary/aromatic N) is 2. The van der Waals surface area contributed by atoms with Crippen LogP contribution in [0.2, 0.25) is 0 Å². The van der Waals surface area contributed by atoms with Crippen molar-refractivity contribution in [2.24, 2.45) is 17.8 Å². The van der Waals surface area contributed by atoms with E-state index in [2.05, 4.69) is 65.4 Å². The molecule has 0 aromatic rings. The van der Waals surface area contributed by atoms with Gasteiger partial charge in [-0.15, -0.1) is 0 Å². The maximum absolute atomic E-state index is 14.3. The Labute approximate surface area is 419 Å². The van der Waals surface area contributed by atoms with E-state index in [1.165, 1.54) is 173 Å². The van der Waals surface area contributed by atoms with E-state index in [0.717, 1.165) is 103 Å². The fourth-order valence-corrected chi connectivity index (χ4v) is 10.1. The van der Waals surface area contributed by atoms with Crippen LogP contribution in [-0.4, -0.2) is 74.0 Å². The molecule has 0 aromatic carbocycles. The number of amides is 1. The normalized spacial score (nSPS) is 13.4. The van der Waals surface area contributed by atoms with Crippen molar-refractivity contribution in [1.29, 1.82) is 5.41 Å². The molecule has 67 heavy (non-hydrogen) atoms. The molecule has 0 aromatic heterocycles. The molecule has 398 valence electrons. The number of hydrogen-bond donors (Lipinski definition) is 1. The molecule has 0 aliphatic heterocycles. The van der Waals surface area contributed by atoms with Gasteiger partial charge in [0.2, 0.25) is 5.91 Å². The van der Waals surface area contributed by atoms with E-state index in [9.17, 15) is 9.59 Å². The summed E-state index contributed by atoms with van der Waals surface area (Å²) in [7, 11) is 4.30. The zero-order valence-electron chi connectivity index (χ0n) is 46.7. The van der Waals surface area contributed by atoms with Gasteiger partial charge in [0, 0.05) is 31.3 Å². The highest BCUT2D eigenvalue weighted by atomic mass is 16.5. The first kappa shape index (κ1) is 65.4. The van der Waals surface area contributed by atoms with E-state index in [1.807, 2.05) is 0 Å². The average Bonchev–Trinajstić information content (AvgIpc) is 3.32. The van der Waals surface area contributed by atoms with Crippen molar-refractivity contribution in [2.45, 2.75) is 311 Å². The van der Waals surface area contributed by atoms with Gasteiger partial charge < -0.3 is 19.3 Å². The van der Waals surface area contributed by atoms with Crippen molar-refractivity contribution in [3.05, 3.63) is 0 Å². The Morgan fingerprint density at radius 3 is 1.42 bits per heavy atom. The lowest BCUT2D eigenvalue weighted by Gasteiger charge is -2.35. The number of nitrogens with one attached hydrogen (secondary N) is 1. The molecule has 0 aliphatic rings. The zero-order valence-corrected chi connectivity index (χ0v) is 46.7. The van der Waals surface area contributed by atoms with Gasteiger partial charge in [0.1, 0.15) is 0 Å². The van der Waals surface area contributed by atoms with Gasteiger partial charge in [-0.2, -0.15) is 0 Å². The molecule has 0 rings (SSSR count). The summed E-state index contributed by atoms with van der Waals surface area (Å²) >= 11 is 0. The van der Waals surface area contributed by atoms with Gasteiger partial charge in [0.25, 0.3) is 0 Å². The Morgan fingerprint density at radius 2 is 0.866 bits per heavy atom. The maximum Gasteiger partial charge on any atom is 0.305 e. The topological polar surface area (TPSA) is 82.9 Å². The zero-order chi connectivity index (χ0) is 49.4. The molecule has 4 atom stereocenters. The van der Waals surface area contributed by atoms with Crippen LogP contribution in [0.25, 0.3) is 0 Å². The fourth-order valence-electron chi connectivity index (χ4n) is 10.1. The van der Waals surface area contributed by atoms with Crippen LogP contribution in [0.4, 0.5) is 0 Å². The lowest BCUT2D eigenvalue weighted by molar-refractivity contribution is -0.144. The summed E-state index contributed by atoms with van der Waals surface area (Å²) < 4.78 is 11.7. The number of ether oxygens (including phenoxy) is 2. The SMILES string of the molecule is CCCCCCC(CCCC)CCOC(=O)CCCCCCCCCC(CCCCCCCCC(=N)OCC(CCCCC)CCCCCC)N(CCCCN(C)C)C(=O)C(CC)CCCC. The van der Waals surface area contributed by atoms with E-state index in [-0.39, 0.29) is 11.9 Å². The Balaban J connectivity index is 4.99. The third-order valence-corrected chi connectivity index (χ3v) is 14.7. The van der Waals surface area contributed by atoms with Gasteiger partial charge in [-0.3, -0.25) is 15.0 Å².